The molecule has 3 heteroatoms. The van der Waals surface area contributed by atoms with Gasteiger partial charge in [-0.15, -0.1) is 0 Å². The molecule has 0 amide bonds. The summed E-state index contributed by atoms with van der Waals surface area (Å²) in [6.45, 7) is 1.90. The second kappa shape index (κ2) is 6.53. The highest BCUT2D eigenvalue weighted by Gasteiger charge is 2.17. The number of rotatable bonds is 5. The summed E-state index contributed by atoms with van der Waals surface area (Å²) in [4.78, 5) is 0. The molecule has 0 aromatic heterocycles. The lowest BCUT2D eigenvalue weighted by Gasteiger charge is -2.17. The maximum Gasteiger partial charge on any atom is 0.126 e. The minimum Gasteiger partial charge on any atom is -0.496 e. The first kappa shape index (κ1) is 14.5. The monoisotopic (exact) mass is 274 g/mol. The van der Waals surface area contributed by atoms with Crippen LogP contribution in [0.15, 0.2) is 42.5 Å². The Morgan fingerprint density at radius 3 is 2.60 bits per heavy atom. The van der Waals surface area contributed by atoms with E-state index in [9.17, 15) is 9.50 Å². The Labute approximate surface area is 118 Å². The maximum absolute atomic E-state index is 13.8. The second-order valence-electron chi connectivity index (χ2n) is 4.92. The molecule has 2 aromatic rings. The van der Waals surface area contributed by atoms with Crippen LogP contribution >= 0.6 is 0 Å². The third-order valence-corrected chi connectivity index (χ3v) is 3.47. The molecule has 0 saturated carbocycles. The maximum atomic E-state index is 13.8. The average Bonchev–Trinajstić information content (AvgIpc) is 2.46. The van der Waals surface area contributed by atoms with Crippen LogP contribution in [0.3, 0.4) is 0 Å². The molecule has 1 unspecified atom stereocenters. The lowest BCUT2D eigenvalue weighted by molar-refractivity contribution is 0.261. The number of methoxy groups -OCH3 is 1. The van der Waals surface area contributed by atoms with Gasteiger partial charge in [0.2, 0.25) is 0 Å². The fourth-order valence-corrected chi connectivity index (χ4v) is 2.41. The molecule has 1 atom stereocenters. The number of ether oxygens (including phenoxy) is 1. The molecular formula is C17H19FO2. The van der Waals surface area contributed by atoms with Gasteiger partial charge in [0.25, 0.3) is 0 Å². The lowest BCUT2D eigenvalue weighted by atomic mass is 9.91. The molecule has 0 spiro atoms. The fraction of sp³-hybridized carbons (Fsp3) is 0.294. The minimum atomic E-state index is -0.279. The predicted octanol–water partition coefficient (Wildman–Crippen LogP) is 3.46. The van der Waals surface area contributed by atoms with E-state index in [0.717, 1.165) is 16.9 Å². The number of benzene rings is 2. The predicted molar refractivity (Wildman–Crippen MR) is 77.7 cm³/mol. The third kappa shape index (κ3) is 3.17. The highest BCUT2D eigenvalue weighted by Crippen LogP contribution is 2.28. The van der Waals surface area contributed by atoms with Crippen molar-refractivity contribution in [2.45, 2.75) is 19.3 Å². The van der Waals surface area contributed by atoms with E-state index >= 15 is 0 Å². The van der Waals surface area contributed by atoms with Gasteiger partial charge in [-0.2, -0.15) is 0 Å². The summed E-state index contributed by atoms with van der Waals surface area (Å²) in [6.07, 6.45) is 0.544. The van der Waals surface area contributed by atoms with Gasteiger partial charge in [0, 0.05) is 5.92 Å². The Kier molecular flexibility index (Phi) is 4.74. The normalized spacial score (nSPS) is 12.2. The van der Waals surface area contributed by atoms with Crippen LogP contribution in [0, 0.1) is 12.7 Å². The number of aliphatic hydroxyl groups is 1. The van der Waals surface area contributed by atoms with Gasteiger partial charge in [-0.05, 0) is 36.6 Å². The highest BCUT2D eigenvalue weighted by atomic mass is 19.1. The Morgan fingerprint density at radius 2 is 1.95 bits per heavy atom. The van der Waals surface area contributed by atoms with Crippen LogP contribution in [0.25, 0.3) is 0 Å². The standard InChI is InChI=1S/C17H19FO2/c1-12-7-8-17(20-2)13(9-12)10-14(11-19)15-5-3-4-6-16(15)18/h3-9,14,19H,10-11H2,1-2H3. The first-order chi connectivity index (χ1) is 9.65. The van der Waals surface area contributed by atoms with E-state index in [1.54, 1.807) is 25.3 Å². The van der Waals surface area contributed by atoms with Crippen molar-refractivity contribution in [3.05, 3.63) is 65.0 Å². The van der Waals surface area contributed by atoms with E-state index < -0.39 is 0 Å². The van der Waals surface area contributed by atoms with Gasteiger partial charge in [0.05, 0.1) is 13.7 Å². The van der Waals surface area contributed by atoms with E-state index in [-0.39, 0.29) is 18.3 Å². The smallest absolute Gasteiger partial charge is 0.126 e. The molecule has 2 aromatic carbocycles. The summed E-state index contributed by atoms with van der Waals surface area (Å²) in [5, 5.41) is 9.59. The first-order valence-corrected chi connectivity index (χ1v) is 6.64. The topological polar surface area (TPSA) is 29.5 Å². The molecule has 0 heterocycles. The quantitative estimate of drug-likeness (QED) is 0.904. The van der Waals surface area contributed by atoms with E-state index in [2.05, 4.69) is 0 Å². The van der Waals surface area contributed by atoms with Gasteiger partial charge in [0.1, 0.15) is 11.6 Å². The van der Waals surface area contributed by atoms with Gasteiger partial charge >= 0.3 is 0 Å². The fourth-order valence-electron chi connectivity index (χ4n) is 2.41. The van der Waals surface area contributed by atoms with Crippen LogP contribution < -0.4 is 4.74 Å². The van der Waals surface area contributed by atoms with Crippen molar-refractivity contribution < 1.29 is 14.2 Å². The molecule has 0 radical (unpaired) electrons. The molecule has 1 N–H and O–H groups in total. The van der Waals surface area contributed by atoms with Crippen LogP contribution in [-0.2, 0) is 6.42 Å². The zero-order valence-corrected chi connectivity index (χ0v) is 11.8. The highest BCUT2D eigenvalue weighted by molar-refractivity contribution is 5.38. The van der Waals surface area contributed by atoms with Crippen molar-refractivity contribution >= 4 is 0 Å². The number of hydrogen-bond acceptors (Lipinski definition) is 2. The van der Waals surface area contributed by atoms with Crippen LogP contribution in [-0.4, -0.2) is 18.8 Å². The van der Waals surface area contributed by atoms with Crippen LogP contribution in [0.2, 0.25) is 0 Å². The van der Waals surface area contributed by atoms with Crippen molar-refractivity contribution in [3.8, 4) is 5.75 Å². The van der Waals surface area contributed by atoms with E-state index in [4.69, 9.17) is 4.74 Å². The van der Waals surface area contributed by atoms with Crippen molar-refractivity contribution in [1.29, 1.82) is 0 Å². The zero-order chi connectivity index (χ0) is 14.5. The molecule has 0 aliphatic rings. The average molecular weight is 274 g/mol. The van der Waals surface area contributed by atoms with Crippen molar-refractivity contribution in [3.63, 3.8) is 0 Å². The SMILES string of the molecule is COc1ccc(C)cc1CC(CO)c1ccccc1F. The van der Waals surface area contributed by atoms with Crippen molar-refractivity contribution in [2.75, 3.05) is 13.7 Å². The molecule has 2 rings (SSSR count). The molecule has 0 aliphatic heterocycles. The van der Waals surface area contributed by atoms with E-state index in [1.165, 1.54) is 6.07 Å². The number of aliphatic hydroxyl groups excluding tert-OH is 1. The van der Waals surface area contributed by atoms with Gasteiger partial charge < -0.3 is 9.84 Å². The number of aryl methyl sites for hydroxylation is 1. The molecule has 2 nitrogen and oxygen atoms in total. The van der Waals surface area contributed by atoms with Crippen molar-refractivity contribution in [2.24, 2.45) is 0 Å². The van der Waals surface area contributed by atoms with Crippen LogP contribution in [0.1, 0.15) is 22.6 Å². The summed E-state index contributed by atoms with van der Waals surface area (Å²) in [5.74, 6) is 0.218. The van der Waals surface area contributed by atoms with Crippen molar-refractivity contribution in [1.82, 2.24) is 0 Å². The summed E-state index contributed by atoms with van der Waals surface area (Å²) < 4.78 is 19.2. The second-order valence-corrected chi connectivity index (χ2v) is 4.92. The largest absolute Gasteiger partial charge is 0.496 e. The minimum absolute atomic E-state index is 0.0992. The van der Waals surface area contributed by atoms with Gasteiger partial charge in [-0.3, -0.25) is 0 Å². The van der Waals surface area contributed by atoms with Gasteiger partial charge in [-0.25, -0.2) is 4.39 Å². The van der Waals surface area contributed by atoms with Gasteiger partial charge in [-0.1, -0.05) is 35.9 Å². The Balaban J connectivity index is 2.31. The third-order valence-electron chi connectivity index (χ3n) is 3.47. The van der Waals surface area contributed by atoms with Crippen LogP contribution in [0.4, 0.5) is 4.39 Å². The Bertz CT molecular complexity index is 581. The lowest BCUT2D eigenvalue weighted by Crippen LogP contribution is -2.10. The summed E-state index contributed by atoms with van der Waals surface area (Å²) in [7, 11) is 1.62. The van der Waals surface area contributed by atoms with E-state index in [0.29, 0.717) is 12.0 Å². The molecule has 0 aliphatic carbocycles. The molecule has 0 bridgehead atoms. The molecular weight excluding hydrogens is 255 g/mol. The first-order valence-electron chi connectivity index (χ1n) is 6.64. The molecule has 20 heavy (non-hydrogen) atoms. The van der Waals surface area contributed by atoms with Crippen LogP contribution in [0.5, 0.6) is 5.75 Å². The summed E-state index contributed by atoms with van der Waals surface area (Å²) in [5.41, 5.74) is 2.64. The molecule has 106 valence electrons. The summed E-state index contributed by atoms with van der Waals surface area (Å²) >= 11 is 0. The molecule has 0 saturated heterocycles. The number of hydrogen-bond donors (Lipinski definition) is 1. The zero-order valence-electron chi connectivity index (χ0n) is 11.8. The number of halogens is 1. The van der Waals surface area contributed by atoms with E-state index in [1.807, 2.05) is 25.1 Å². The molecule has 0 fully saturated rings. The Morgan fingerprint density at radius 1 is 1.20 bits per heavy atom. The van der Waals surface area contributed by atoms with Gasteiger partial charge in [0.15, 0.2) is 0 Å². The summed E-state index contributed by atoms with van der Waals surface area (Å²) in [6, 6.07) is 12.5. The Hall–Kier alpha value is -1.87.